The van der Waals surface area contributed by atoms with Crippen LogP contribution in [0.5, 0.6) is 5.75 Å². The van der Waals surface area contributed by atoms with Crippen molar-refractivity contribution in [2.24, 2.45) is 0 Å². The summed E-state index contributed by atoms with van der Waals surface area (Å²) in [4.78, 5) is 4.86. The zero-order valence-corrected chi connectivity index (χ0v) is 12.6. The van der Waals surface area contributed by atoms with E-state index in [0.717, 1.165) is 44.9 Å². The lowest BCUT2D eigenvalue weighted by atomic mass is 10.1. The Morgan fingerprint density at radius 1 is 1.20 bits per heavy atom. The van der Waals surface area contributed by atoms with Crippen LogP contribution in [0.15, 0.2) is 24.3 Å². The van der Waals surface area contributed by atoms with Crippen molar-refractivity contribution in [3.05, 3.63) is 29.8 Å². The van der Waals surface area contributed by atoms with Gasteiger partial charge in [-0.15, -0.1) is 0 Å². The Morgan fingerprint density at radius 2 is 1.90 bits per heavy atom. The van der Waals surface area contributed by atoms with Crippen LogP contribution in [0.25, 0.3) is 0 Å². The molecule has 0 radical (unpaired) electrons. The average Bonchev–Trinajstić information content (AvgIpc) is 2.51. The number of hydrogen-bond acceptors (Lipinski definition) is 4. The van der Waals surface area contributed by atoms with Crippen molar-refractivity contribution in [3.8, 4) is 5.75 Å². The van der Waals surface area contributed by atoms with E-state index in [1.165, 1.54) is 5.56 Å². The van der Waals surface area contributed by atoms with Gasteiger partial charge in [0.1, 0.15) is 5.75 Å². The van der Waals surface area contributed by atoms with Gasteiger partial charge < -0.3 is 9.84 Å². The van der Waals surface area contributed by atoms with Gasteiger partial charge in [0.2, 0.25) is 0 Å². The van der Waals surface area contributed by atoms with E-state index in [2.05, 4.69) is 28.9 Å². The lowest BCUT2D eigenvalue weighted by molar-refractivity contribution is 0.0605. The van der Waals surface area contributed by atoms with Crippen LogP contribution < -0.4 is 4.74 Å². The molecule has 2 rings (SSSR count). The monoisotopic (exact) mass is 278 g/mol. The molecule has 1 heterocycles. The second-order valence-corrected chi connectivity index (χ2v) is 5.37. The van der Waals surface area contributed by atoms with Crippen molar-refractivity contribution < 1.29 is 9.84 Å². The van der Waals surface area contributed by atoms with Gasteiger partial charge in [0, 0.05) is 44.3 Å². The standard InChI is InChI=1S/C16H26N2O2/c1-3-15(13-19)18-10-8-17(9-11-18)12-14-6-4-5-7-16(14)20-2/h4-7,15,19H,3,8-13H2,1-2H3. The first-order valence-corrected chi connectivity index (χ1v) is 7.47. The molecule has 4 nitrogen and oxygen atoms in total. The van der Waals surface area contributed by atoms with Crippen LogP contribution in [0, 0.1) is 0 Å². The number of aliphatic hydroxyl groups excluding tert-OH is 1. The SMILES string of the molecule is CCC(CO)N1CCN(Cc2ccccc2OC)CC1. The van der Waals surface area contributed by atoms with Crippen LogP contribution in [0.3, 0.4) is 0 Å². The molecule has 1 aliphatic heterocycles. The Hall–Kier alpha value is -1.10. The van der Waals surface area contributed by atoms with Crippen molar-refractivity contribution >= 4 is 0 Å². The molecule has 1 fully saturated rings. The van der Waals surface area contributed by atoms with E-state index >= 15 is 0 Å². The highest BCUT2D eigenvalue weighted by atomic mass is 16.5. The third kappa shape index (κ3) is 3.72. The van der Waals surface area contributed by atoms with E-state index in [1.807, 2.05) is 12.1 Å². The highest BCUT2D eigenvalue weighted by Crippen LogP contribution is 2.20. The van der Waals surface area contributed by atoms with Crippen molar-refractivity contribution in [2.75, 3.05) is 39.9 Å². The van der Waals surface area contributed by atoms with Crippen molar-refractivity contribution in [1.82, 2.24) is 9.80 Å². The van der Waals surface area contributed by atoms with Gasteiger partial charge in [0.05, 0.1) is 13.7 Å². The number of rotatable bonds is 6. The first-order valence-electron chi connectivity index (χ1n) is 7.47. The molecule has 0 saturated carbocycles. The fourth-order valence-electron chi connectivity index (χ4n) is 2.86. The molecule has 4 heteroatoms. The first kappa shape index (κ1) is 15.3. The Morgan fingerprint density at radius 3 is 2.50 bits per heavy atom. The van der Waals surface area contributed by atoms with Gasteiger partial charge in [-0.2, -0.15) is 0 Å². The number of nitrogens with zero attached hydrogens (tertiary/aromatic N) is 2. The van der Waals surface area contributed by atoms with Crippen LogP contribution in [0.2, 0.25) is 0 Å². The molecule has 1 atom stereocenters. The van der Waals surface area contributed by atoms with Crippen molar-refractivity contribution in [2.45, 2.75) is 25.9 Å². The number of ether oxygens (including phenoxy) is 1. The van der Waals surface area contributed by atoms with Crippen LogP contribution in [0.1, 0.15) is 18.9 Å². The fraction of sp³-hybridized carbons (Fsp3) is 0.625. The van der Waals surface area contributed by atoms with E-state index in [0.29, 0.717) is 6.04 Å². The highest BCUT2D eigenvalue weighted by Gasteiger charge is 2.22. The minimum Gasteiger partial charge on any atom is -0.496 e. The molecule has 1 N–H and O–H groups in total. The Bertz CT molecular complexity index is 399. The van der Waals surface area contributed by atoms with E-state index in [9.17, 15) is 5.11 Å². The summed E-state index contributed by atoms with van der Waals surface area (Å²) < 4.78 is 5.41. The molecule has 0 bridgehead atoms. The Balaban J connectivity index is 1.88. The zero-order valence-electron chi connectivity index (χ0n) is 12.6. The van der Waals surface area contributed by atoms with E-state index in [1.54, 1.807) is 7.11 Å². The van der Waals surface area contributed by atoms with Gasteiger partial charge in [-0.1, -0.05) is 25.1 Å². The molecule has 20 heavy (non-hydrogen) atoms. The molecule has 1 aromatic rings. The molecule has 0 amide bonds. The van der Waals surface area contributed by atoms with Gasteiger partial charge in [-0.25, -0.2) is 0 Å². The third-order valence-electron chi connectivity index (χ3n) is 4.19. The molecule has 1 unspecified atom stereocenters. The smallest absolute Gasteiger partial charge is 0.123 e. The summed E-state index contributed by atoms with van der Waals surface area (Å²) in [6, 6.07) is 8.54. The maximum atomic E-state index is 9.38. The van der Waals surface area contributed by atoms with Crippen molar-refractivity contribution in [3.63, 3.8) is 0 Å². The molecule has 0 spiro atoms. The molecule has 1 aromatic carbocycles. The second kappa shape index (κ2) is 7.62. The van der Waals surface area contributed by atoms with Crippen LogP contribution in [-0.4, -0.2) is 60.8 Å². The molecule has 1 aliphatic rings. The predicted molar refractivity (Wildman–Crippen MR) is 81.0 cm³/mol. The minimum atomic E-state index is 0.267. The largest absolute Gasteiger partial charge is 0.496 e. The maximum absolute atomic E-state index is 9.38. The Labute approximate surface area is 122 Å². The van der Waals surface area contributed by atoms with Gasteiger partial charge >= 0.3 is 0 Å². The summed E-state index contributed by atoms with van der Waals surface area (Å²) in [5.74, 6) is 0.969. The lowest BCUT2D eigenvalue weighted by Crippen LogP contribution is -2.50. The molecule has 1 saturated heterocycles. The van der Waals surface area contributed by atoms with Gasteiger partial charge in [-0.05, 0) is 12.5 Å². The number of benzene rings is 1. The lowest BCUT2D eigenvalue weighted by Gasteiger charge is -2.38. The second-order valence-electron chi connectivity index (χ2n) is 5.37. The average molecular weight is 278 g/mol. The zero-order chi connectivity index (χ0) is 14.4. The normalized spacial score (nSPS) is 18.9. The summed E-state index contributed by atoms with van der Waals surface area (Å²) in [5, 5.41) is 9.38. The quantitative estimate of drug-likeness (QED) is 0.857. The maximum Gasteiger partial charge on any atom is 0.123 e. The predicted octanol–water partition coefficient (Wildman–Crippen LogP) is 1.58. The summed E-state index contributed by atoms with van der Waals surface area (Å²) in [6.45, 7) is 7.52. The van der Waals surface area contributed by atoms with E-state index in [4.69, 9.17) is 4.74 Å². The molecule has 112 valence electrons. The molecular formula is C16H26N2O2. The first-order chi connectivity index (χ1) is 9.78. The topological polar surface area (TPSA) is 35.9 Å². The fourth-order valence-corrected chi connectivity index (χ4v) is 2.86. The van der Waals surface area contributed by atoms with Crippen LogP contribution >= 0.6 is 0 Å². The highest BCUT2D eigenvalue weighted by molar-refractivity contribution is 5.33. The molecular weight excluding hydrogens is 252 g/mol. The van der Waals surface area contributed by atoms with Gasteiger partial charge in [-0.3, -0.25) is 9.80 Å². The van der Waals surface area contributed by atoms with Crippen LogP contribution in [0.4, 0.5) is 0 Å². The van der Waals surface area contributed by atoms with Gasteiger partial charge in [0.25, 0.3) is 0 Å². The minimum absolute atomic E-state index is 0.267. The van der Waals surface area contributed by atoms with Crippen LogP contribution in [-0.2, 0) is 6.54 Å². The Kier molecular flexibility index (Phi) is 5.83. The number of piperazine rings is 1. The third-order valence-corrected chi connectivity index (χ3v) is 4.19. The summed E-state index contributed by atoms with van der Waals surface area (Å²) in [5.41, 5.74) is 1.25. The number of hydrogen-bond donors (Lipinski definition) is 1. The van der Waals surface area contributed by atoms with Crippen molar-refractivity contribution in [1.29, 1.82) is 0 Å². The van der Waals surface area contributed by atoms with E-state index < -0.39 is 0 Å². The van der Waals surface area contributed by atoms with E-state index in [-0.39, 0.29) is 6.61 Å². The summed E-state index contributed by atoms with van der Waals surface area (Å²) in [7, 11) is 1.73. The van der Waals surface area contributed by atoms with Gasteiger partial charge in [0.15, 0.2) is 0 Å². The number of para-hydroxylation sites is 1. The summed E-state index contributed by atoms with van der Waals surface area (Å²) >= 11 is 0. The molecule has 0 aromatic heterocycles. The molecule has 0 aliphatic carbocycles. The number of methoxy groups -OCH3 is 1. The summed E-state index contributed by atoms with van der Waals surface area (Å²) in [6.07, 6.45) is 1.02. The number of aliphatic hydroxyl groups is 1.